The number of fused-ring (bicyclic) bond motifs is 4. The van der Waals surface area contributed by atoms with Crippen LogP contribution in [-0.2, 0) is 11.3 Å². The molecule has 2 aliphatic rings. The molecule has 2 aliphatic heterocycles. The number of pyridine rings is 1. The summed E-state index contributed by atoms with van der Waals surface area (Å²) < 4.78 is 7.23. The number of para-hydroxylation sites is 1. The van der Waals surface area contributed by atoms with E-state index < -0.39 is 0 Å². The van der Waals surface area contributed by atoms with E-state index in [0.717, 1.165) is 12.1 Å². The monoisotopic (exact) mass is 443 g/mol. The van der Waals surface area contributed by atoms with Crippen LogP contribution >= 0.6 is 0 Å². The highest BCUT2D eigenvalue weighted by Crippen LogP contribution is 2.36. The number of anilines is 1. The Kier molecular flexibility index (Phi) is 5.69. The van der Waals surface area contributed by atoms with E-state index in [1.54, 1.807) is 22.8 Å². The Morgan fingerprint density at radius 1 is 0.909 bits per heavy atom. The van der Waals surface area contributed by atoms with Crippen molar-refractivity contribution in [2.24, 2.45) is 5.92 Å². The number of likely N-dealkylation sites (tertiary alicyclic amines) is 1. The summed E-state index contributed by atoms with van der Waals surface area (Å²) in [6, 6.07) is 21.9. The number of carbonyl (C=O) groups is 2. The number of aromatic nitrogens is 1. The first-order chi connectivity index (χ1) is 16.1. The standard InChI is InChI=1S/C26H25N3O4/c30-24(17-33-21-9-5-2-6-10-21)27-22-11-12-23-20-13-18(15-29(23)26(22)32)14-28(16-20)25(31)19-7-3-1-4-8-19/h1-12,18,20H,13-17H2,(H,27,30). The van der Waals surface area contributed by atoms with Gasteiger partial charge in [-0.05, 0) is 48.7 Å². The van der Waals surface area contributed by atoms with Gasteiger partial charge in [-0.2, -0.15) is 0 Å². The molecule has 1 fully saturated rings. The predicted octanol–water partition coefficient (Wildman–Crippen LogP) is 3.13. The van der Waals surface area contributed by atoms with E-state index in [-0.39, 0.29) is 41.5 Å². The van der Waals surface area contributed by atoms with Crippen LogP contribution in [0.5, 0.6) is 5.75 Å². The van der Waals surface area contributed by atoms with Gasteiger partial charge >= 0.3 is 0 Å². The minimum absolute atomic E-state index is 0.0309. The molecular formula is C26H25N3O4. The number of hydrogen-bond acceptors (Lipinski definition) is 4. The molecule has 2 atom stereocenters. The molecule has 5 rings (SSSR count). The third-order valence-corrected chi connectivity index (χ3v) is 6.30. The summed E-state index contributed by atoms with van der Waals surface area (Å²) >= 11 is 0. The Bertz CT molecular complexity index is 1220. The van der Waals surface area contributed by atoms with Crippen molar-refractivity contribution in [1.82, 2.24) is 9.47 Å². The number of carbonyl (C=O) groups excluding carboxylic acids is 2. The summed E-state index contributed by atoms with van der Waals surface area (Å²) in [5, 5.41) is 2.68. The lowest BCUT2D eigenvalue weighted by Crippen LogP contribution is -2.49. The van der Waals surface area contributed by atoms with Crippen molar-refractivity contribution >= 4 is 17.5 Å². The van der Waals surface area contributed by atoms with Crippen molar-refractivity contribution < 1.29 is 14.3 Å². The van der Waals surface area contributed by atoms with Gasteiger partial charge in [-0.25, -0.2) is 0 Å². The fourth-order valence-corrected chi connectivity index (χ4v) is 4.82. The van der Waals surface area contributed by atoms with Crippen LogP contribution in [0, 0.1) is 5.92 Å². The van der Waals surface area contributed by atoms with Crippen molar-refractivity contribution in [2.75, 3.05) is 25.0 Å². The average Bonchev–Trinajstić information content (AvgIpc) is 2.85. The van der Waals surface area contributed by atoms with Gasteiger partial charge in [0.1, 0.15) is 11.4 Å². The number of piperidine rings is 1. The Balaban J connectivity index is 1.29. The van der Waals surface area contributed by atoms with Crippen LogP contribution in [0.3, 0.4) is 0 Å². The lowest BCUT2D eigenvalue weighted by molar-refractivity contribution is -0.118. The number of hydrogen-bond donors (Lipinski definition) is 1. The van der Waals surface area contributed by atoms with Gasteiger partial charge in [0, 0.05) is 36.8 Å². The number of nitrogens with zero attached hydrogens (tertiary/aromatic N) is 2. The van der Waals surface area contributed by atoms with Crippen LogP contribution in [0.2, 0.25) is 0 Å². The number of amides is 2. The van der Waals surface area contributed by atoms with Gasteiger partial charge in [0.25, 0.3) is 17.4 Å². The molecule has 1 saturated heterocycles. The SMILES string of the molecule is O=C(COc1ccccc1)Nc1ccc2n(c1=O)CC1CC2CN(C(=O)c2ccccc2)C1. The number of rotatable bonds is 5. The molecule has 33 heavy (non-hydrogen) atoms. The first-order valence-corrected chi connectivity index (χ1v) is 11.1. The maximum atomic E-state index is 13.1. The molecule has 0 saturated carbocycles. The fourth-order valence-electron chi connectivity index (χ4n) is 4.82. The van der Waals surface area contributed by atoms with Crippen LogP contribution in [0.4, 0.5) is 5.69 Å². The Labute approximate surface area is 191 Å². The van der Waals surface area contributed by atoms with E-state index in [0.29, 0.717) is 30.9 Å². The summed E-state index contributed by atoms with van der Waals surface area (Å²) in [5.41, 5.74) is 1.64. The molecule has 7 heteroatoms. The van der Waals surface area contributed by atoms with Gasteiger partial charge in [-0.15, -0.1) is 0 Å². The third-order valence-electron chi connectivity index (χ3n) is 6.30. The minimum atomic E-state index is -0.382. The van der Waals surface area contributed by atoms with Gasteiger partial charge in [-0.1, -0.05) is 36.4 Å². The second kappa shape index (κ2) is 8.94. The second-order valence-electron chi connectivity index (χ2n) is 8.61. The van der Waals surface area contributed by atoms with E-state index >= 15 is 0 Å². The zero-order chi connectivity index (χ0) is 22.8. The summed E-state index contributed by atoms with van der Waals surface area (Å²) in [7, 11) is 0. The highest BCUT2D eigenvalue weighted by molar-refractivity contribution is 5.94. The van der Waals surface area contributed by atoms with E-state index in [9.17, 15) is 14.4 Å². The van der Waals surface area contributed by atoms with Crippen LogP contribution in [-0.4, -0.2) is 41.0 Å². The van der Waals surface area contributed by atoms with E-state index in [1.165, 1.54) is 0 Å². The van der Waals surface area contributed by atoms with Crippen molar-refractivity contribution in [3.8, 4) is 5.75 Å². The first-order valence-electron chi connectivity index (χ1n) is 11.1. The third kappa shape index (κ3) is 4.39. The molecule has 2 aromatic carbocycles. The molecule has 2 amide bonds. The van der Waals surface area contributed by atoms with Gasteiger partial charge in [0.05, 0.1) is 0 Å². The zero-order valence-corrected chi connectivity index (χ0v) is 18.1. The Hall–Kier alpha value is -3.87. The van der Waals surface area contributed by atoms with Crippen LogP contribution in [0.1, 0.15) is 28.4 Å². The fraction of sp³-hybridized carbons (Fsp3) is 0.269. The molecule has 1 aromatic heterocycles. The summed E-state index contributed by atoms with van der Waals surface area (Å²) in [5.74, 6) is 0.547. The number of ether oxygens (including phenoxy) is 1. The summed E-state index contributed by atoms with van der Waals surface area (Å²) in [6.45, 7) is 1.57. The van der Waals surface area contributed by atoms with Crippen molar-refractivity contribution in [2.45, 2.75) is 18.9 Å². The van der Waals surface area contributed by atoms with E-state index in [2.05, 4.69) is 5.32 Å². The van der Waals surface area contributed by atoms with Crippen LogP contribution in [0.25, 0.3) is 0 Å². The van der Waals surface area contributed by atoms with Crippen LogP contribution in [0.15, 0.2) is 77.6 Å². The second-order valence-corrected chi connectivity index (χ2v) is 8.61. The Morgan fingerprint density at radius 3 is 2.39 bits per heavy atom. The number of nitrogens with one attached hydrogen (secondary N) is 1. The molecule has 168 valence electrons. The van der Waals surface area contributed by atoms with Crippen molar-refractivity contribution in [3.05, 3.63) is 94.4 Å². The van der Waals surface area contributed by atoms with Crippen molar-refractivity contribution in [3.63, 3.8) is 0 Å². The maximum Gasteiger partial charge on any atom is 0.274 e. The molecule has 7 nitrogen and oxygen atoms in total. The smallest absolute Gasteiger partial charge is 0.274 e. The molecular weight excluding hydrogens is 418 g/mol. The van der Waals surface area contributed by atoms with Gasteiger partial charge < -0.3 is 19.5 Å². The molecule has 0 spiro atoms. The molecule has 2 unspecified atom stereocenters. The van der Waals surface area contributed by atoms with Gasteiger partial charge in [-0.3, -0.25) is 14.4 Å². The quantitative estimate of drug-likeness (QED) is 0.657. The first kappa shape index (κ1) is 21.0. The Morgan fingerprint density at radius 2 is 1.64 bits per heavy atom. The van der Waals surface area contributed by atoms with E-state index in [1.807, 2.05) is 59.5 Å². The molecule has 3 heterocycles. The minimum Gasteiger partial charge on any atom is -0.484 e. The molecule has 3 aromatic rings. The topological polar surface area (TPSA) is 80.6 Å². The predicted molar refractivity (Wildman–Crippen MR) is 124 cm³/mol. The molecule has 0 radical (unpaired) electrons. The largest absolute Gasteiger partial charge is 0.484 e. The average molecular weight is 444 g/mol. The normalized spacial score (nSPS) is 18.8. The molecule has 1 N–H and O–H groups in total. The summed E-state index contributed by atoms with van der Waals surface area (Å²) in [6.07, 6.45) is 0.953. The highest BCUT2D eigenvalue weighted by atomic mass is 16.5. The molecule has 2 bridgehead atoms. The van der Waals surface area contributed by atoms with Gasteiger partial charge in [0.2, 0.25) is 0 Å². The summed E-state index contributed by atoms with van der Waals surface area (Å²) in [4.78, 5) is 40.3. The zero-order valence-electron chi connectivity index (χ0n) is 18.1. The lowest BCUT2D eigenvalue weighted by Gasteiger charge is -2.43. The van der Waals surface area contributed by atoms with Crippen LogP contribution < -0.4 is 15.6 Å². The molecule has 0 aliphatic carbocycles. The van der Waals surface area contributed by atoms with Gasteiger partial charge in [0.15, 0.2) is 6.61 Å². The highest BCUT2D eigenvalue weighted by Gasteiger charge is 2.37. The number of benzene rings is 2. The lowest BCUT2D eigenvalue weighted by atomic mass is 9.83. The van der Waals surface area contributed by atoms with E-state index in [4.69, 9.17) is 4.74 Å². The maximum absolute atomic E-state index is 13.1. The van der Waals surface area contributed by atoms with Crippen molar-refractivity contribution in [1.29, 1.82) is 0 Å².